The molecular weight excluding hydrogens is 304 g/mol. The van der Waals surface area contributed by atoms with E-state index in [0.717, 1.165) is 37.1 Å². The number of hydrogen-bond donors (Lipinski definition) is 1. The number of nitrogens with one attached hydrogen (secondary N) is 1. The van der Waals surface area contributed by atoms with Gasteiger partial charge in [0.2, 0.25) is 5.91 Å². The van der Waals surface area contributed by atoms with Crippen LogP contribution in [0.1, 0.15) is 35.2 Å². The molecule has 2 aromatic rings. The van der Waals surface area contributed by atoms with E-state index in [9.17, 15) is 9.59 Å². The predicted octanol–water partition coefficient (Wildman–Crippen LogP) is 2.32. The lowest BCUT2D eigenvalue weighted by Gasteiger charge is -2.18. The van der Waals surface area contributed by atoms with Gasteiger partial charge in [0.25, 0.3) is 5.91 Å². The number of aromatic nitrogens is 2. The number of carbonyl (C=O) groups excluding carboxylic acids is 2. The number of nitrogens with zero attached hydrogens (tertiary/aromatic N) is 3. The molecule has 3 rings (SSSR count). The third kappa shape index (κ3) is 3.82. The molecule has 0 saturated carbocycles. The van der Waals surface area contributed by atoms with Crippen LogP contribution in [0.25, 0.3) is 0 Å². The summed E-state index contributed by atoms with van der Waals surface area (Å²) in [6.45, 7) is 1.53. The summed E-state index contributed by atoms with van der Waals surface area (Å²) in [5.41, 5.74) is 2.55. The van der Waals surface area contributed by atoms with Gasteiger partial charge >= 0.3 is 0 Å². The molecule has 0 radical (unpaired) electrons. The minimum absolute atomic E-state index is 0.0130. The molecule has 0 unspecified atom stereocenters. The maximum atomic E-state index is 12.6. The van der Waals surface area contributed by atoms with E-state index in [0.29, 0.717) is 18.5 Å². The Hall–Kier alpha value is -2.63. The van der Waals surface area contributed by atoms with Gasteiger partial charge in [-0.1, -0.05) is 0 Å². The third-order valence-corrected chi connectivity index (χ3v) is 4.29. The fraction of sp³-hybridized carbons (Fsp3) is 0.389. The van der Waals surface area contributed by atoms with Crippen LogP contribution in [-0.4, -0.2) is 39.9 Å². The molecule has 1 aliphatic heterocycles. The van der Waals surface area contributed by atoms with Crippen molar-refractivity contribution in [2.45, 2.75) is 32.2 Å². The average Bonchev–Trinajstić information content (AvgIpc) is 3.01. The van der Waals surface area contributed by atoms with E-state index in [1.54, 1.807) is 23.5 Å². The smallest absolute Gasteiger partial charge is 0.253 e. The van der Waals surface area contributed by atoms with Crippen LogP contribution in [0.5, 0.6) is 0 Å². The highest BCUT2D eigenvalue weighted by atomic mass is 16.2. The molecule has 6 heteroatoms. The standard InChI is InChI=1S/C18H22N4O2/c1-21(9-3-10-22-11-8-19-13-22)18(24)15-6-7-16-14(12-15)4-2-5-17(23)20-16/h6-8,11-13H,2-5,9-10H2,1H3,(H,20,23). The molecular formula is C18H22N4O2. The van der Waals surface area contributed by atoms with Gasteiger partial charge in [-0.15, -0.1) is 0 Å². The van der Waals surface area contributed by atoms with Crippen molar-refractivity contribution in [3.05, 3.63) is 48.0 Å². The Morgan fingerprint density at radius 2 is 2.25 bits per heavy atom. The van der Waals surface area contributed by atoms with Gasteiger partial charge in [-0.25, -0.2) is 4.98 Å². The molecule has 1 aliphatic rings. The van der Waals surface area contributed by atoms with Gasteiger partial charge < -0.3 is 14.8 Å². The molecule has 0 atom stereocenters. The summed E-state index contributed by atoms with van der Waals surface area (Å²) >= 11 is 0. The lowest BCUT2D eigenvalue weighted by atomic mass is 10.0. The number of benzene rings is 1. The Kier molecular flexibility index (Phi) is 4.93. The first-order valence-electron chi connectivity index (χ1n) is 8.27. The molecule has 0 bridgehead atoms. The largest absolute Gasteiger partial charge is 0.342 e. The number of hydrogen-bond acceptors (Lipinski definition) is 3. The van der Waals surface area contributed by atoms with E-state index in [2.05, 4.69) is 10.3 Å². The maximum Gasteiger partial charge on any atom is 0.253 e. The molecule has 24 heavy (non-hydrogen) atoms. The highest BCUT2D eigenvalue weighted by Gasteiger charge is 2.17. The first-order chi connectivity index (χ1) is 11.6. The van der Waals surface area contributed by atoms with E-state index >= 15 is 0 Å². The van der Waals surface area contributed by atoms with Gasteiger partial charge in [-0.05, 0) is 43.0 Å². The molecule has 126 valence electrons. The highest BCUT2D eigenvalue weighted by Crippen LogP contribution is 2.23. The van der Waals surface area contributed by atoms with Crippen molar-refractivity contribution >= 4 is 17.5 Å². The van der Waals surface area contributed by atoms with Crippen molar-refractivity contribution in [1.82, 2.24) is 14.5 Å². The van der Waals surface area contributed by atoms with E-state index in [1.165, 1.54) is 0 Å². The monoisotopic (exact) mass is 326 g/mol. The maximum absolute atomic E-state index is 12.6. The van der Waals surface area contributed by atoms with E-state index in [1.807, 2.05) is 29.9 Å². The number of rotatable bonds is 5. The molecule has 0 fully saturated rings. The molecule has 6 nitrogen and oxygen atoms in total. The zero-order valence-corrected chi connectivity index (χ0v) is 13.9. The minimum atomic E-state index is 0.0130. The van der Waals surface area contributed by atoms with Crippen molar-refractivity contribution in [3.63, 3.8) is 0 Å². The molecule has 0 aliphatic carbocycles. The Morgan fingerprint density at radius 1 is 1.38 bits per heavy atom. The van der Waals surface area contributed by atoms with Crippen LogP contribution in [-0.2, 0) is 17.8 Å². The summed E-state index contributed by atoms with van der Waals surface area (Å²) in [6.07, 6.45) is 8.50. The van der Waals surface area contributed by atoms with Gasteiger partial charge in [0.15, 0.2) is 0 Å². The first kappa shape index (κ1) is 16.2. The lowest BCUT2D eigenvalue weighted by Crippen LogP contribution is -2.28. The normalized spacial score (nSPS) is 13.8. The van der Waals surface area contributed by atoms with Gasteiger partial charge in [0.05, 0.1) is 6.33 Å². The van der Waals surface area contributed by atoms with Crippen LogP contribution in [0.4, 0.5) is 5.69 Å². The second-order valence-corrected chi connectivity index (χ2v) is 6.15. The number of carbonyl (C=O) groups is 2. The Labute approximate surface area is 141 Å². The Balaban J connectivity index is 1.61. The SMILES string of the molecule is CN(CCCn1ccnc1)C(=O)c1ccc2c(c1)CCCC(=O)N2. The molecule has 2 amide bonds. The topological polar surface area (TPSA) is 67.2 Å². The molecule has 0 spiro atoms. The van der Waals surface area contributed by atoms with Crippen molar-refractivity contribution in [2.24, 2.45) is 0 Å². The Morgan fingerprint density at radius 3 is 3.04 bits per heavy atom. The van der Waals surface area contributed by atoms with E-state index in [4.69, 9.17) is 0 Å². The fourth-order valence-electron chi connectivity index (χ4n) is 2.94. The summed E-state index contributed by atoms with van der Waals surface area (Å²) in [5, 5.41) is 2.90. The van der Waals surface area contributed by atoms with Crippen LogP contribution in [0, 0.1) is 0 Å². The van der Waals surface area contributed by atoms with Crippen LogP contribution in [0.3, 0.4) is 0 Å². The summed E-state index contributed by atoms with van der Waals surface area (Å²) in [7, 11) is 1.82. The number of imidazole rings is 1. The lowest BCUT2D eigenvalue weighted by molar-refractivity contribution is -0.116. The predicted molar refractivity (Wildman–Crippen MR) is 91.8 cm³/mol. The van der Waals surface area contributed by atoms with Gasteiger partial charge in [0.1, 0.15) is 0 Å². The summed E-state index contributed by atoms with van der Waals surface area (Å²) in [4.78, 5) is 29.9. The number of aryl methyl sites for hydroxylation is 2. The molecule has 2 heterocycles. The van der Waals surface area contributed by atoms with Crippen molar-refractivity contribution < 1.29 is 9.59 Å². The zero-order valence-electron chi connectivity index (χ0n) is 13.9. The molecule has 1 aromatic carbocycles. The first-order valence-corrected chi connectivity index (χ1v) is 8.27. The van der Waals surface area contributed by atoms with Crippen LogP contribution in [0.2, 0.25) is 0 Å². The number of amides is 2. The van der Waals surface area contributed by atoms with E-state index in [-0.39, 0.29) is 11.8 Å². The van der Waals surface area contributed by atoms with Gasteiger partial charge in [0, 0.05) is 50.2 Å². The van der Waals surface area contributed by atoms with Crippen molar-refractivity contribution in [3.8, 4) is 0 Å². The quantitative estimate of drug-likeness (QED) is 0.917. The third-order valence-electron chi connectivity index (χ3n) is 4.29. The molecule has 0 saturated heterocycles. The highest BCUT2D eigenvalue weighted by molar-refractivity contribution is 5.96. The summed E-state index contributed by atoms with van der Waals surface area (Å²) < 4.78 is 2.00. The molecule has 1 N–H and O–H groups in total. The number of anilines is 1. The fourth-order valence-corrected chi connectivity index (χ4v) is 2.94. The summed E-state index contributed by atoms with van der Waals surface area (Å²) in [5.74, 6) is 0.0588. The minimum Gasteiger partial charge on any atom is -0.342 e. The average molecular weight is 326 g/mol. The van der Waals surface area contributed by atoms with Crippen LogP contribution >= 0.6 is 0 Å². The second kappa shape index (κ2) is 7.29. The van der Waals surface area contributed by atoms with Crippen molar-refractivity contribution in [1.29, 1.82) is 0 Å². The second-order valence-electron chi connectivity index (χ2n) is 6.15. The van der Waals surface area contributed by atoms with Crippen LogP contribution < -0.4 is 5.32 Å². The zero-order chi connectivity index (χ0) is 16.9. The Bertz CT molecular complexity index is 725. The van der Waals surface area contributed by atoms with Gasteiger partial charge in [-0.2, -0.15) is 0 Å². The number of fused-ring (bicyclic) bond motifs is 1. The van der Waals surface area contributed by atoms with Gasteiger partial charge in [-0.3, -0.25) is 9.59 Å². The van der Waals surface area contributed by atoms with Crippen LogP contribution in [0.15, 0.2) is 36.9 Å². The molecule has 1 aromatic heterocycles. The van der Waals surface area contributed by atoms with E-state index < -0.39 is 0 Å². The van der Waals surface area contributed by atoms with Crippen molar-refractivity contribution in [2.75, 3.05) is 18.9 Å². The summed E-state index contributed by atoms with van der Waals surface area (Å²) in [6, 6.07) is 5.54.